The smallest absolute Gasteiger partial charge is 0.342 e. The standard InChI is InChI=1S/C19H26O9/c1-4-10-5-9-6-11(8(2)14(21)13(9)18(24)26-10)27-19-16(23)15(22)17(25-3)12(7-20)28-19/h6,10,12,15-17,19-23H,4-5,7H2,1-3H3/t10-,12+,15+,16+,17+,19+/m0/s1. The molecule has 1 aromatic rings. The molecule has 0 aliphatic carbocycles. The molecular formula is C19H26O9. The third kappa shape index (κ3) is 3.56. The number of phenolic OH excluding ortho intramolecular Hbond substituents is 1. The van der Waals surface area contributed by atoms with Crippen LogP contribution in [0.1, 0.15) is 34.8 Å². The van der Waals surface area contributed by atoms with E-state index in [9.17, 15) is 25.2 Å². The van der Waals surface area contributed by atoms with Crippen LogP contribution in [-0.4, -0.2) is 76.9 Å². The van der Waals surface area contributed by atoms with Crippen LogP contribution in [0.4, 0.5) is 0 Å². The lowest BCUT2D eigenvalue weighted by atomic mass is 9.94. The maximum absolute atomic E-state index is 12.2. The van der Waals surface area contributed by atoms with E-state index < -0.39 is 43.3 Å². The minimum atomic E-state index is -1.45. The van der Waals surface area contributed by atoms with Crippen LogP contribution >= 0.6 is 0 Å². The maximum atomic E-state index is 12.2. The molecule has 1 saturated heterocycles. The van der Waals surface area contributed by atoms with E-state index in [1.165, 1.54) is 7.11 Å². The van der Waals surface area contributed by atoms with Gasteiger partial charge in [0, 0.05) is 19.1 Å². The van der Waals surface area contributed by atoms with Crippen LogP contribution in [0.2, 0.25) is 0 Å². The fourth-order valence-corrected chi connectivity index (χ4v) is 3.60. The number of methoxy groups -OCH3 is 1. The molecule has 9 heteroatoms. The van der Waals surface area contributed by atoms with Crippen LogP contribution in [0.3, 0.4) is 0 Å². The molecule has 0 aromatic heterocycles. The van der Waals surface area contributed by atoms with Gasteiger partial charge in [0.15, 0.2) is 0 Å². The number of hydrogen-bond donors (Lipinski definition) is 4. The van der Waals surface area contributed by atoms with Gasteiger partial charge in [-0.15, -0.1) is 0 Å². The number of ether oxygens (including phenoxy) is 4. The molecule has 2 heterocycles. The number of phenols is 1. The quantitative estimate of drug-likeness (QED) is 0.506. The van der Waals surface area contributed by atoms with Gasteiger partial charge in [-0.2, -0.15) is 0 Å². The molecule has 156 valence electrons. The van der Waals surface area contributed by atoms with Gasteiger partial charge in [0.05, 0.1) is 6.61 Å². The van der Waals surface area contributed by atoms with E-state index in [0.717, 1.165) is 0 Å². The number of hydrogen-bond acceptors (Lipinski definition) is 9. The van der Waals surface area contributed by atoms with Crippen molar-refractivity contribution in [2.24, 2.45) is 0 Å². The number of benzene rings is 1. The van der Waals surface area contributed by atoms with E-state index in [-0.39, 0.29) is 28.7 Å². The minimum Gasteiger partial charge on any atom is -0.507 e. The fraction of sp³-hybridized carbons (Fsp3) is 0.632. The molecule has 28 heavy (non-hydrogen) atoms. The predicted molar refractivity (Wildman–Crippen MR) is 95.2 cm³/mol. The number of aromatic hydroxyl groups is 1. The summed E-state index contributed by atoms with van der Waals surface area (Å²) in [5, 5.41) is 40.5. The van der Waals surface area contributed by atoms with Crippen molar-refractivity contribution < 1.29 is 44.2 Å². The highest BCUT2D eigenvalue weighted by Gasteiger charge is 2.46. The van der Waals surface area contributed by atoms with E-state index in [1.54, 1.807) is 13.0 Å². The molecule has 1 aromatic carbocycles. The van der Waals surface area contributed by atoms with Crippen LogP contribution in [0.5, 0.6) is 11.5 Å². The molecule has 6 atom stereocenters. The second-order valence-electron chi connectivity index (χ2n) is 7.05. The highest BCUT2D eigenvalue weighted by Crippen LogP contribution is 2.39. The first-order valence-electron chi connectivity index (χ1n) is 9.20. The number of carbonyl (C=O) groups excluding carboxylic acids is 1. The Kier molecular flexibility index (Phi) is 6.11. The second kappa shape index (κ2) is 8.22. The molecule has 9 nitrogen and oxygen atoms in total. The van der Waals surface area contributed by atoms with Crippen molar-refractivity contribution in [2.75, 3.05) is 13.7 Å². The summed E-state index contributed by atoms with van der Waals surface area (Å²) in [7, 11) is 1.34. The van der Waals surface area contributed by atoms with Gasteiger partial charge in [0.25, 0.3) is 0 Å². The van der Waals surface area contributed by atoms with E-state index in [1.807, 2.05) is 6.92 Å². The zero-order valence-electron chi connectivity index (χ0n) is 16.0. The van der Waals surface area contributed by atoms with Gasteiger partial charge in [-0.25, -0.2) is 4.79 Å². The van der Waals surface area contributed by atoms with Gasteiger partial charge in [-0.1, -0.05) is 6.92 Å². The Bertz CT molecular complexity index is 733. The van der Waals surface area contributed by atoms with E-state index in [4.69, 9.17) is 18.9 Å². The lowest BCUT2D eigenvalue weighted by Gasteiger charge is -2.41. The minimum absolute atomic E-state index is 0.104. The molecule has 0 spiro atoms. The number of esters is 1. The van der Waals surface area contributed by atoms with Crippen molar-refractivity contribution in [3.05, 3.63) is 22.8 Å². The lowest BCUT2D eigenvalue weighted by Crippen LogP contribution is -2.60. The first-order chi connectivity index (χ1) is 13.3. The van der Waals surface area contributed by atoms with Gasteiger partial charge in [-0.05, 0) is 25.0 Å². The van der Waals surface area contributed by atoms with Crippen molar-refractivity contribution in [2.45, 2.75) is 63.5 Å². The summed E-state index contributed by atoms with van der Waals surface area (Å²) in [6.45, 7) is 3.00. The molecule has 1 fully saturated rings. The van der Waals surface area contributed by atoms with Crippen molar-refractivity contribution in [1.82, 2.24) is 0 Å². The Morgan fingerprint density at radius 3 is 2.61 bits per heavy atom. The van der Waals surface area contributed by atoms with Crippen LogP contribution < -0.4 is 4.74 Å². The van der Waals surface area contributed by atoms with Gasteiger partial charge in [-0.3, -0.25) is 0 Å². The van der Waals surface area contributed by atoms with Gasteiger partial charge >= 0.3 is 5.97 Å². The van der Waals surface area contributed by atoms with Gasteiger partial charge in [0.1, 0.15) is 47.6 Å². The van der Waals surface area contributed by atoms with Crippen molar-refractivity contribution in [1.29, 1.82) is 0 Å². The van der Waals surface area contributed by atoms with Crippen LogP contribution in [0.25, 0.3) is 0 Å². The summed E-state index contributed by atoms with van der Waals surface area (Å²) in [5.41, 5.74) is 0.943. The van der Waals surface area contributed by atoms with E-state index in [0.29, 0.717) is 18.4 Å². The summed E-state index contributed by atoms with van der Waals surface area (Å²) in [4.78, 5) is 12.2. The molecule has 2 aliphatic heterocycles. The predicted octanol–water partition coefficient (Wildman–Crippen LogP) is 0.0249. The van der Waals surface area contributed by atoms with Crippen molar-refractivity contribution in [3.8, 4) is 11.5 Å². The van der Waals surface area contributed by atoms with Crippen LogP contribution in [-0.2, 0) is 20.6 Å². The second-order valence-corrected chi connectivity index (χ2v) is 7.05. The highest BCUT2D eigenvalue weighted by molar-refractivity contribution is 5.96. The maximum Gasteiger partial charge on any atom is 0.342 e. The van der Waals surface area contributed by atoms with Crippen LogP contribution in [0, 0.1) is 6.92 Å². The molecular weight excluding hydrogens is 372 g/mol. The molecule has 3 rings (SSSR count). The molecule has 0 saturated carbocycles. The summed E-state index contributed by atoms with van der Waals surface area (Å²) in [5.74, 6) is -0.649. The van der Waals surface area contributed by atoms with Crippen LogP contribution in [0.15, 0.2) is 6.07 Å². The third-order valence-electron chi connectivity index (χ3n) is 5.30. The SMILES string of the molecule is CC[C@H]1Cc2cc(O[C@@H]3O[C@H](CO)[C@@H](OC)[C@H](O)[C@H]3O)c(C)c(O)c2C(=O)O1. The zero-order valence-corrected chi connectivity index (χ0v) is 16.0. The van der Waals surface area contributed by atoms with Crippen molar-refractivity contribution >= 4 is 5.97 Å². The Morgan fingerprint density at radius 1 is 1.29 bits per heavy atom. The Hall–Kier alpha value is -1.91. The van der Waals surface area contributed by atoms with Gasteiger partial charge < -0.3 is 39.4 Å². The van der Waals surface area contributed by atoms with E-state index in [2.05, 4.69) is 0 Å². The number of aliphatic hydroxyl groups excluding tert-OH is 3. The van der Waals surface area contributed by atoms with Crippen molar-refractivity contribution in [3.63, 3.8) is 0 Å². The van der Waals surface area contributed by atoms with E-state index >= 15 is 0 Å². The number of carbonyl (C=O) groups is 1. The molecule has 0 bridgehead atoms. The Balaban J connectivity index is 1.90. The lowest BCUT2D eigenvalue weighted by molar-refractivity contribution is -0.282. The number of cyclic esters (lactones) is 1. The zero-order chi connectivity index (χ0) is 20.6. The first-order valence-corrected chi connectivity index (χ1v) is 9.20. The number of fused-ring (bicyclic) bond motifs is 1. The largest absolute Gasteiger partial charge is 0.507 e. The topological polar surface area (TPSA) is 135 Å². The molecule has 0 amide bonds. The monoisotopic (exact) mass is 398 g/mol. The normalized spacial score (nSPS) is 32.6. The fourth-order valence-electron chi connectivity index (χ4n) is 3.60. The summed E-state index contributed by atoms with van der Waals surface area (Å²) in [6.07, 6.45) is -5.16. The highest BCUT2D eigenvalue weighted by atomic mass is 16.7. The molecule has 2 aliphatic rings. The number of aliphatic hydroxyl groups is 3. The first kappa shape index (κ1) is 20.8. The van der Waals surface area contributed by atoms with Gasteiger partial charge in [0.2, 0.25) is 6.29 Å². The summed E-state index contributed by atoms with van der Waals surface area (Å²) >= 11 is 0. The third-order valence-corrected chi connectivity index (χ3v) is 5.30. The molecule has 0 unspecified atom stereocenters. The summed E-state index contributed by atoms with van der Waals surface area (Å²) in [6, 6.07) is 1.60. The number of rotatable bonds is 5. The molecule has 4 N–H and O–H groups in total. The Labute approximate surface area is 162 Å². The summed E-state index contributed by atoms with van der Waals surface area (Å²) < 4.78 is 21.7. The molecule has 0 radical (unpaired) electrons. The average Bonchev–Trinajstić information content (AvgIpc) is 2.68. The average molecular weight is 398 g/mol. The Morgan fingerprint density at radius 2 is 2.00 bits per heavy atom.